The second-order valence-electron chi connectivity index (χ2n) is 8.06. The van der Waals surface area contributed by atoms with E-state index in [2.05, 4.69) is 50.8 Å². The van der Waals surface area contributed by atoms with Crippen LogP contribution in [0.3, 0.4) is 0 Å². The molecule has 1 fully saturated rings. The number of Topliss-reactive ketones (excluding diaryl/α,β-unsaturated/α-hetero) is 1. The summed E-state index contributed by atoms with van der Waals surface area (Å²) in [4.78, 5) is 14.3. The van der Waals surface area contributed by atoms with Crippen LogP contribution in [0.4, 0.5) is 0 Å². The Balaban J connectivity index is 2.36. The minimum absolute atomic E-state index is 0.000153. The molecule has 1 aromatic carbocycles. The van der Waals surface area contributed by atoms with E-state index in [9.17, 15) is 4.79 Å². The van der Waals surface area contributed by atoms with E-state index in [4.69, 9.17) is 10.00 Å². The predicted octanol–water partition coefficient (Wildman–Crippen LogP) is 4.14. The molecule has 0 aromatic heterocycles. The molecule has 0 spiro atoms. The number of carbonyl (C=O) groups excluding carboxylic acids is 1. The number of rotatable bonds is 5. The second-order valence-corrected chi connectivity index (χ2v) is 8.06. The van der Waals surface area contributed by atoms with Crippen molar-refractivity contribution in [2.24, 2.45) is 0 Å². The Morgan fingerprint density at radius 1 is 1.36 bits per heavy atom. The largest absolute Gasteiger partial charge is 0.478 e. The van der Waals surface area contributed by atoms with Crippen molar-refractivity contribution in [1.82, 2.24) is 4.90 Å². The Morgan fingerprint density at radius 3 is 2.68 bits per heavy atom. The van der Waals surface area contributed by atoms with Gasteiger partial charge in [0.2, 0.25) is 0 Å². The predicted molar refractivity (Wildman–Crippen MR) is 99.7 cm³/mol. The van der Waals surface area contributed by atoms with Gasteiger partial charge in [-0.1, -0.05) is 33.3 Å². The Kier molecular flexibility index (Phi) is 6.24. The molecule has 4 nitrogen and oxygen atoms in total. The summed E-state index contributed by atoms with van der Waals surface area (Å²) >= 11 is 0. The molecule has 0 bridgehead atoms. The van der Waals surface area contributed by atoms with Gasteiger partial charge in [-0.3, -0.25) is 9.69 Å². The zero-order valence-corrected chi connectivity index (χ0v) is 16.2. The van der Waals surface area contributed by atoms with E-state index in [0.29, 0.717) is 6.54 Å². The fraction of sp³-hybridized carbons (Fsp3) is 0.619. The quantitative estimate of drug-likeness (QED) is 0.807. The molecule has 1 atom stereocenters. The van der Waals surface area contributed by atoms with Crippen LogP contribution in [-0.2, 0) is 16.8 Å². The molecule has 1 heterocycles. The number of piperidine rings is 1. The third-order valence-corrected chi connectivity index (χ3v) is 4.96. The highest BCUT2D eigenvalue weighted by atomic mass is 16.5. The topological polar surface area (TPSA) is 53.3 Å². The van der Waals surface area contributed by atoms with Crippen molar-refractivity contribution in [3.8, 4) is 11.8 Å². The van der Waals surface area contributed by atoms with Gasteiger partial charge < -0.3 is 4.74 Å². The van der Waals surface area contributed by atoms with Gasteiger partial charge in [0.25, 0.3) is 0 Å². The normalized spacial score (nSPS) is 18.6. The highest BCUT2D eigenvalue weighted by Gasteiger charge is 2.27. The summed E-state index contributed by atoms with van der Waals surface area (Å²) < 4.78 is 5.74. The van der Waals surface area contributed by atoms with Gasteiger partial charge in [-0.05, 0) is 55.8 Å². The van der Waals surface area contributed by atoms with E-state index in [1.54, 1.807) is 6.92 Å². The van der Waals surface area contributed by atoms with E-state index in [-0.39, 0.29) is 23.8 Å². The molecule has 136 valence electrons. The van der Waals surface area contributed by atoms with Gasteiger partial charge in [0.1, 0.15) is 17.6 Å². The number of benzene rings is 1. The molecule has 1 aliphatic rings. The van der Waals surface area contributed by atoms with Crippen LogP contribution in [0.25, 0.3) is 0 Å². The van der Waals surface area contributed by atoms with Crippen molar-refractivity contribution in [1.29, 1.82) is 5.26 Å². The van der Waals surface area contributed by atoms with Gasteiger partial charge in [0.05, 0.1) is 6.04 Å². The lowest BCUT2D eigenvalue weighted by Gasteiger charge is -2.34. The molecule has 0 saturated carbocycles. The fourth-order valence-electron chi connectivity index (χ4n) is 3.78. The van der Waals surface area contributed by atoms with E-state index in [1.165, 1.54) is 11.1 Å². The highest BCUT2D eigenvalue weighted by Crippen LogP contribution is 2.33. The Morgan fingerprint density at radius 2 is 2.08 bits per heavy atom. The molecule has 4 heteroatoms. The van der Waals surface area contributed by atoms with Crippen molar-refractivity contribution in [3.05, 3.63) is 28.8 Å². The van der Waals surface area contributed by atoms with Crippen LogP contribution in [0.2, 0.25) is 0 Å². The molecule has 1 aliphatic heterocycles. The molecule has 1 aromatic rings. The lowest BCUT2D eigenvalue weighted by atomic mass is 9.83. The number of hydrogen-bond acceptors (Lipinski definition) is 4. The second kappa shape index (κ2) is 8.01. The SMILES string of the molecule is CC(=O)[C@@H]1CCCCN1Cc1cc(C)c(C(C)(C)C)cc1OCC#N. The van der Waals surface area contributed by atoms with Gasteiger partial charge in [0.15, 0.2) is 6.61 Å². The number of likely N-dealkylation sites (tertiary alicyclic amines) is 1. The number of hydrogen-bond donors (Lipinski definition) is 0. The summed E-state index contributed by atoms with van der Waals surface area (Å²) in [6.45, 7) is 12.0. The number of nitrogens with zero attached hydrogens (tertiary/aromatic N) is 2. The lowest BCUT2D eigenvalue weighted by Crippen LogP contribution is -2.43. The number of nitriles is 1. The maximum absolute atomic E-state index is 12.0. The number of carbonyl (C=O) groups is 1. The van der Waals surface area contributed by atoms with Gasteiger partial charge in [-0.25, -0.2) is 0 Å². The molecule has 0 N–H and O–H groups in total. The summed E-state index contributed by atoms with van der Waals surface area (Å²) in [5.74, 6) is 1.01. The summed E-state index contributed by atoms with van der Waals surface area (Å²) in [5, 5.41) is 8.91. The minimum Gasteiger partial charge on any atom is -0.478 e. The minimum atomic E-state index is 0.000153. The van der Waals surface area contributed by atoms with Crippen molar-refractivity contribution in [2.75, 3.05) is 13.2 Å². The fourth-order valence-corrected chi connectivity index (χ4v) is 3.78. The summed E-state index contributed by atoms with van der Waals surface area (Å²) in [6, 6.07) is 6.30. The Labute approximate surface area is 151 Å². The maximum Gasteiger partial charge on any atom is 0.174 e. The van der Waals surface area contributed by atoms with Crippen LogP contribution >= 0.6 is 0 Å². The number of ketones is 1. The molecular weight excluding hydrogens is 312 g/mol. The maximum atomic E-state index is 12.0. The molecule has 0 aliphatic carbocycles. The summed E-state index contributed by atoms with van der Waals surface area (Å²) in [7, 11) is 0. The van der Waals surface area contributed by atoms with Crippen LogP contribution in [0.5, 0.6) is 5.75 Å². The Hall–Kier alpha value is -1.86. The average Bonchev–Trinajstić information content (AvgIpc) is 2.53. The first-order chi connectivity index (χ1) is 11.7. The summed E-state index contributed by atoms with van der Waals surface area (Å²) in [5.41, 5.74) is 3.53. The van der Waals surface area contributed by atoms with Crippen LogP contribution in [-0.4, -0.2) is 29.9 Å². The smallest absolute Gasteiger partial charge is 0.174 e. The van der Waals surface area contributed by atoms with Crippen molar-refractivity contribution in [2.45, 2.75) is 71.9 Å². The molecule has 0 radical (unpaired) electrons. The molecule has 0 amide bonds. The molecule has 2 rings (SSSR count). The molecule has 0 unspecified atom stereocenters. The molecule has 1 saturated heterocycles. The third kappa shape index (κ3) is 4.83. The van der Waals surface area contributed by atoms with Crippen LogP contribution < -0.4 is 4.74 Å². The van der Waals surface area contributed by atoms with E-state index >= 15 is 0 Å². The average molecular weight is 342 g/mol. The monoisotopic (exact) mass is 342 g/mol. The van der Waals surface area contributed by atoms with Gasteiger partial charge in [-0.15, -0.1) is 0 Å². The first-order valence-electron chi connectivity index (χ1n) is 9.12. The highest BCUT2D eigenvalue weighted by molar-refractivity contribution is 5.81. The van der Waals surface area contributed by atoms with Crippen molar-refractivity contribution < 1.29 is 9.53 Å². The van der Waals surface area contributed by atoms with Crippen LogP contribution in [0.15, 0.2) is 12.1 Å². The zero-order chi connectivity index (χ0) is 18.6. The van der Waals surface area contributed by atoms with Crippen LogP contribution in [0, 0.1) is 18.3 Å². The van der Waals surface area contributed by atoms with Gasteiger partial charge in [-0.2, -0.15) is 5.26 Å². The first-order valence-corrected chi connectivity index (χ1v) is 9.12. The molecule has 25 heavy (non-hydrogen) atoms. The van der Waals surface area contributed by atoms with Gasteiger partial charge in [0, 0.05) is 12.1 Å². The third-order valence-electron chi connectivity index (χ3n) is 4.96. The van der Waals surface area contributed by atoms with E-state index < -0.39 is 0 Å². The molecular formula is C21H30N2O2. The van der Waals surface area contributed by atoms with Crippen molar-refractivity contribution >= 4 is 5.78 Å². The zero-order valence-electron chi connectivity index (χ0n) is 16.2. The summed E-state index contributed by atoms with van der Waals surface area (Å²) in [6.07, 6.45) is 3.17. The van der Waals surface area contributed by atoms with E-state index in [1.807, 2.05) is 0 Å². The van der Waals surface area contributed by atoms with Gasteiger partial charge >= 0.3 is 0 Å². The van der Waals surface area contributed by atoms with Crippen molar-refractivity contribution in [3.63, 3.8) is 0 Å². The lowest BCUT2D eigenvalue weighted by molar-refractivity contribution is -0.123. The van der Waals surface area contributed by atoms with Crippen LogP contribution in [0.1, 0.15) is 63.6 Å². The standard InChI is InChI=1S/C21H30N2O2/c1-15-12-17(14-23-10-7-6-8-19(23)16(2)24)20(25-11-9-22)13-18(15)21(3,4)5/h12-13,19H,6-8,10-11,14H2,1-5H3/t19-/m0/s1. The number of ether oxygens (including phenoxy) is 1. The Bertz CT molecular complexity index is 668. The van der Waals surface area contributed by atoms with E-state index in [0.717, 1.165) is 37.1 Å². The first kappa shape index (κ1) is 19.5. The number of aryl methyl sites for hydroxylation is 1.